The summed E-state index contributed by atoms with van der Waals surface area (Å²) >= 11 is 0. The van der Waals surface area contributed by atoms with Crippen molar-refractivity contribution in [2.45, 2.75) is 44.9 Å². The number of para-hydroxylation sites is 1. The Morgan fingerprint density at radius 1 is 1.12 bits per heavy atom. The fourth-order valence-electron chi connectivity index (χ4n) is 3.58. The number of hydrogen-bond donors (Lipinski definition) is 1. The molecular formula is C19H21NO4. The van der Waals surface area contributed by atoms with Gasteiger partial charge >= 0.3 is 5.97 Å². The van der Waals surface area contributed by atoms with Gasteiger partial charge in [-0.2, -0.15) is 0 Å². The first-order valence-electron chi connectivity index (χ1n) is 8.49. The molecule has 0 radical (unpaired) electrons. The Balaban J connectivity index is 1.94. The first-order chi connectivity index (χ1) is 11.6. The third kappa shape index (κ3) is 3.25. The van der Waals surface area contributed by atoms with Gasteiger partial charge in [0.2, 0.25) is 5.91 Å². The number of nitrogens with zero attached hydrogens (tertiary/aromatic N) is 1. The molecule has 5 nitrogen and oxygen atoms in total. The van der Waals surface area contributed by atoms with Crippen molar-refractivity contribution in [3.8, 4) is 0 Å². The summed E-state index contributed by atoms with van der Waals surface area (Å²) in [5, 5.41) is 9.82. The molecule has 1 aromatic heterocycles. The average Bonchev–Trinajstić information content (AvgIpc) is 2.60. The van der Waals surface area contributed by atoms with Gasteiger partial charge in [-0.3, -0.25) is 9.59 Å². The highest BCUT2D eigenvalue weighted by Gasteiger charge is 2.20. The van der Waals surface area contributed by atoms with Crippen molar-refractivity contribution in [1.82, 2.24) is 4.57 Å². The molecule has 1 aromatic carbocycles. The van der Waals surface area contributed by atoms with Gasteiger partial charge in [-0.05, 0) is 29.9 Å². The summed E-state index contributed by atoms with van der Waals surface area (Å²) in [4.78, 5) is 36.5. The molecule has 1 aliphatic carbocycles. The summed E-state index contributed by atoms with van der Waals surface area (Å²) in [6, 6.07) is 8.24. The molecule has 3 rings (SSSR count). The third-order valence-corrected chi connectivity index (χ3v) is 4.88. The van der Waals surface area contributed by atoms with Crippen LogP contribution in [0, 0.1) is 5.92 Å². The molecule has 2 aromatic rings. The van der Waals surface area contributed by atoms with Crippen LogP contribution in [0.3, 0.4) is 0 Å². The number of carboxylic acid groups (broad SMARTS) is 1. The van der Waals surface area contributed by atoms with Crippen LogP contribution in [-0.4, -0.2) is 21.6 Å². The Labute approximate surface area is 139 Å². The Hall–Kier alpha value is -2.43. The number of benzene rings is 1. The molecule has 0 aliphatic heterocycles. The topological polar surface area (TPSA) is 76.4 Å². The highest BCUT2D eigenvalue weighted by molar-refractivity contribution is 5.97. The van der Waals surface area contributed by atoms with E-state index in [4.69, 9.17) is 0 Å². The molecule has 1 aliphatic rings. The largest absolute Gasteiger partial charge is 0.477 e. The van der Waals surface area contributed by atoms with E-state index in [0.29, 0.717) is 16.8 Å². The maximum absolute atomic E-state index is 12.7. The van der Waals surface area contributed by atoms with E-state index in [-0.39, 0.29) is 17.9 Å². The van der Waals surface area contributed by atoms with Gasteiger partial charge in [-0.1, -0.05) is 50.3 Å². The van der Waals surface area contributed by atoms with Crippen LogP contribution in [0.5, 0.6) is 0 Å². The zero-order chi connectivity index (χ0) is 17.1. The number of carbonyl (C=O) groups excluding carboxylic acids is 1. The van der Waals surface area contributed by atoms with Crippen LogP contribution in [0.2, 0.25) is 0 Å². The van der Waals surface area contributed by atoms with Gasteiger partial charge in [0, 0.05) is 6.42 Å². The predicted molar refractivity (Wildman–Crippen MR) is 91.6 cm³/mol. The van der Waals surface area contributed by atoms with E-state index in [2.05, 4.69) is 0 Å². The van der Waals surface area contributed by atoms with Gasteiger partial charge in [0.15, 0.2) is 0 Å². The van der Waals surface area contributed by atoms with Crippen molar-refractivity contribution < 1.29 is 14.7 Å². The summed E-state index contributed by atoms with van der Waals surface area (Å²) in [6.07, 6.45) is 6.98. The number of pyridine rings is 1. The number of fused-ring (bicyclic) bond motifs is 1. The number of aromatic carboxylic acids is 1. The molecule has 1 saturated carbocycles. The first-order valence-corrected chi connectivity index (χ1v) is 8.49. The lowest BCUT2D eigenvalue weighted by Gasteiger charge is -2.21. The van der Waals surface area contributed by atoms with Crippen LogP contribution in [-0.2, 0) is 0 Å². The van der Waals surface area contributed by atoms with Gasteiger partial charge in [0.1, 0.15) is 5.56 Å². The van der Waals surface area contributed by atoms with Crippen molar-refractivity contribution in [2.24, 2.45) is 5.92 Å². The quantitative estimate of drug-likeness (QED) is 0.929. The molecule has 1 N–H and O–H groups in total. The predicted octanol–water partition coefficient (Wildman–Crippen LogP) is 3.70. The minimum atomic E-state index is -1.31. The Bertz CT molecular complexity index is 831. The minimum absolute atomic E-state index is 0.275. The van der Waals surface area contributed by atoms with Crippen molar-refractivity contribution >= 4 is 22.8 Å². The number of aromatic nitrogens is 1. The van der Waals surface area contributed by atoms with Crippen LogP contribution in [0.25, 0.3) is 10.9 Å². The van der Waals surface area contributed by atoms with Crippen molar-refractivity contribution in [1.29, 1.82) is 0 Å². The highest BCUT2D eigenvalue weighted by Crippen LogP contribution is 2.27. The zero-order valence-corrected chi connectivity index (χ0v) is 13.5. The van der Waals surface area contributed by atoms with Gasteiger partial charge in [-0.15, -0.1) is 0 Å². The van der Waals surface area contributed by atoms with Crippen LogP contribution >= 0.6 is 0 Å². The van der Waals surface area contributed by atoms with Crippen LogP contribution in [0.1, 0.15) is 60.1 Å². The first kappa shape index (κ1) is 16.4. The lowest BCUT2D eigenvalue weighted by atomic mass is 9.86. The smallest absolute Gasteiger partial charge is 0.341 e. The lowest BCUT2D eigenvalue weighted by molar-refractivity contribution is 0.0694. The fourth-order valence-corrected chi connectivity index (χ4v) is 3.58. The maximum atomic E-state index is 12.7. The Kier molecular flexibility index (Phi) is 4.79. The second kappa shape index (κ2) is 6.99. The molecule has 1 heterocycles. The molecule has 0 atom stereocenters. The Morgan fingerprint density at radius 3 is 2.54 bits per heavy atom. The molecular weight excluding hydrogens is 306 g/mol. The van der Waals surface area contributed by atoms with Gasteiger partial charge < -0.3 is 5.11 Å². The Morgan fingerprint density at radius 2 is 1.83 bits per heavy atom. The highest BCUT2D eigenvalue weighted by atomic mass is 16.4. The summed E-state index contributed by atoms with van der Waals surface area (Å²) in [6.45, 7) is 0. The number of carbonyl (C=O) groups is 2. The fraction of sp³-hybridized carbons (Fsp3) is 0.421. The van der Waals surface area contributed by atoms with Gasteiger partial charge in [0.05, 0.1) is 5.52 Å². The number of carboxylic acids is 1. The summed E-state index contributed by atoms with van der Waals surface area (Å²) in [5.41, 5.74) is -0.629. The zero-order valence-electron chi connectivity index (χ0n) is 13.5. The molecule has 1 fully saturated rings. The second-order valence-electron chi connectivity index (χ2n) is 6.50. The van der Waals surface area contributed by atoms with E-state index < -0.39 is 11.5 Å². The summed E-state index contributed by atoms with van der Waals surface area (Å²) < 4.78 is 1.04. The van der Waals surface area contributed by atoms with Crippen LogP contribution in [0.15, 0.2) is 35.1 Å². The molecule has 0 unspecified atom stereocenters. The van der Waals surface area contributed by atoms with Crippen molar-refractivity contribution in [2.75, 3.05) is 0 Å². The van der Waals surface area contributed by atoms with E-state index >= 15 is 0 Å². The standard InChI is InChI=1S/C19H21NO4/c21-17(11-10-13-6-2-1-3-7-13)20-16-9-5-4-8-14(16)12-15(18(20)22)19(23)24/h4-5,8-9,12-13H,1-3,6-7,10-11H2,(H,23,24). The van der Waals surface area contributed by atoms with E-state index in [9.17, 15) is 19.5 Å². The molecule has 126 valence electrons. The molecule has 0 spiro atoms. The molecule has 5 heteroatoms. The van der Waals surface area contributed by atoms with Crippen molar-refractivity contribution in [3.63, 3.8) is 0 Å². The van der Waals surface area contributed by atoms with Crippen molar-refractivity contribution in [3.05, 3.63) is 46.2 Å². The third-order valence-electron chi connectivity index (χ3n) is 4.88. The maximum Gasteiger partial charge on any atom is 0.341 e. The van der Waals surface area contributed by atoms with E-state index in [0.717, 1.165) is 23.8 Å². The number of rotatable bonds is 4. The summed E-state index contributed by atoms with van der Waals surface area (Å²) in [5.74, 6) is -1.09. The normalized spacial score (nSPS) is 15.5. The van der Waals surface area contributed by atoms with Crippen LogP contribution in [0.4, 0.5) is 0 Å². The van der Waals surface area contributed by atoms with E-state index in [1.807, 2.05) is 0 Å². The van der Waals surface area contributed by atoms with E-state index in [1.165, 1.54) is 25.3 Å². The van der Waals surface area contributed by atoms with Crippen LogP contribution < -0.4 is 5.56 Å². The molecule has 24 heavy (non-hydrogen) atoms. The average molecular weight is 327 g/mol. The molecule has 0 amide bonds. The lowest BCUT2D eigenvalue weighted by Crippen LogP contribution is -2.31. The van der Waals surface area contributed by atoms with Gasteiger partial charge in [0.25, 0.3) is 5.56 Å². The molecule has 0 bridgehead atoms. The second-order valence-corrected chi connectivity index (χ2v) is 6.50. The number of hydrogen-bond acceptors (Lipinski definition) is 3. The minimum Gasteiger partial charge on any atom is -0.477 e. The van der Waals surface area contributed by atoms with E-state index in [1.54, 1.807) is 24.3 Å². The van der Waals surface area contributed by atoms with Gasteiger partial charge in [-0.25, -0.2) is 9.36 Å². The summed E-state index contributed by atoms with van der Waals surface area (Å²) in [7, 11) is 0. The monoisotopic (exact) mass is 327 g/mol. The molecule has 0 saturated heterocycles. The SMILES string of the molecule is O=C(O)c1cc2ccccc2n(C(=O)CCC2CCCCC2)c1=O.